The summed E-state index contributed by atoms with van der Waals surface area (Å²) in [5.41, 5.74) is 5.34. The zero-order valence-electron chi connectivity index (χ0n) is 15.2. The Labute approximate surface area is 152 Å². The van der Waals surface area contributed by atoms with Crippen molar-refractivity contribution in [2.24, 2.45) is 0 Å². The van der Waals surface area contributed by atoms with E-state index in [0.717, 1.165) is 22.4 Å². The molecule has 0 saturated carbocycles. The summed E-state index contributed by atoms with van der Waals surface area (Å²) in [6.07, 6.45) is 0.403. The summed E-state index contributed by atoms with van der Waals surface area (Å²) in [6.45, 7) is 6.76. The number of carbonyl (C=O) groups excluding carboxylic acids is 1. The van der Waals surface area contributed by atoms with Crippen LogP contribution in [0.3, 0.4) is 0 Å². The molecule has 2 heterocycles. The van der Waals surface area contributed by atoms with Crippen molar-refractivity contribution < 1.29 is 9.32 Å². The maximum absolute atomic E-state index is 12.7. The molecule has 0 N–H and O–H groups in total. The zero-order chi connectivity index (χ0) is 18.3. The van der Waals surface area contributed by atoms with E-state index in [-0.39, 0.29) is 11.8 Å². The van der Waals surface area contributed by atoms with Gasteiger partial charge in [-0.3, -0.25) is 4.79 Å². The molecule has 132 valence electrons. The summed E-state index contributed by atoms with van der Waals surface area (Å²) in [5, 5.41) is 4.13. The fourth-order valence-electron chi connectivity index (χ4n) is 3.79. The second-order valence-electron chi connectivity index (χ2n) is 6.98. The van der Waals surface area contributed by atoms with Crippen LogP contribution in [-0.4, -0.2) is 22.6 Å². The molecule has 1 fully saturated rings. The molecule has 1 aliphatic rings. The third kappa shape index (κ3) is 2.90. The van der Waals surface area contributed by atoms with Crippen molar-refractivity contribution in [3.05, 3.63) is 65.0 Å². The average molecular weight is 347 g/mol. The quantitative estimate of drug-likeness (QED) is 0.713. The molecule has 0 aliphatic carbocycles. The summed E-state index contributed by atoms with van der Waals surface area (Å²) >= 11 is 0. The number of amides is 1. The lowest BCUT2D eigenvalue weighted by Gasteiger charge is -2.22. The van der Waals surface area contributed by atoms with Gasteiger partial charge in [0, 0.05) is 30.1 Å². The normalized spacial score (nSPS) is 17.1. The number of hydrogen-bond acceptors (Lipinski definition) is 4. The molecular weight excluding hydrogens is 326 g/mol. The summed E-state index contributed by atoms with van der Waals surface area (Å²) in [4.78, 5) is 19.1. The predicted octanol–water partition coefficient (Wildman–Crippen LogP) is 4.18. The van der Waals surface area contributed by atoms with E-state index in [1.165, 1.54) is 5.56 Å². The first-order chi connectivity index (χ1) is 12.5. The monoisotopic (exact) mass is 347 g/mol. The molecule has 3 aromatic rings. The minimum Gasteiger partial charge on any atom is -0.334 e. The fraction of sp³-hybridized carbons (Fsp3) is 0.286. The van der Waals surface area contributed by atoms with Gasteiger partial charge in [0.25, 0.3) is 5.89 Å². The van der Waals surface area contributed by atoms with Gasteiger partial charge in [0.15, 0.2) is 5.82 Å². The second kappa shape index (κ2) is 6.41. The molecule has 1 saturated heterocycles. The van der Waals surface area contributed by atoms with E-state index in [2.05, 4.69) is 43.0 Å². The Balaban J connectivity index is 1.60. The van der Waals surface area contributed by atoms with Crippen LogP contribution in [0.25, 0.3) is 11.5 Å². The topological polar surface area (TPSA) is 59.2 Å². The Bertz CT molecular complexity index is 939. The Morgan fingerprint density at radius 3 is 2.46 bits per heavy atom. The number of anilines is 1. The van der Waals surface area contributed by atoms with E-state index in [0.29, 0.717) is 24.7 Å². The third-order valence-corrected chi connectivity index (χ3v) is 4.86. The van der Waals surface area contributed by atoms with Crippen LogP contribution in [-0.2, 0) is 4.79 Å². The van der Waals surface area contributed by atoms with Crippen LogP contribution in [0, 0.1) is 20.8 Å². The number of benzene rings is 2. The molecule has 0 bridgehead atoms. The maximum Gasteiger partial charge on any atom is 0.257 e. The van der Waals surface area contributed by atoms with Crippen molar-refractivity contribution in [1.82, 2.24) is 10.1 Å². The molecule has 1 unspecified atom stereocenters. The molecule has 1 aromatic heterocycles. The summed E-state index contributed by atoms with van der Waals surface area (Å²) in [6, 6.07) is 13.9. The highest BCUT2D eigenvalue weighted by Crippen LogP contribution is 2.35. The van der Waals surface area contributed by atoms with E-state index >= 15 is 0 Å². The number of aryl methyl sites for hydroxylation is 3. The smallest absolute Gasteiger partial charge is 0.257 e. The lowest BCUT2D eigenvalue weighted by molar-refractivity contribution is -0.117. The lowest BCUT2D eigenvalue weighted by atomic mass is 10.0. The van der Waals surface area contributed by atoms with E-state index in [4.69, 9.17) is 4.52 Å². The number of aromatic nitrogens is 2. The Morgan fingerprint density at radius 2 is 1.77 bits per heavy atom. The van der Waals surface area contributed by atoms with E-state index in [9.17, 15) is 4.79 Å². The van der Waals surface area contributed by atoms with Crippen molar-refractivity contribution in [2.45, 2.75) is 33.1 Å². The maximum atomic E-state index is 12.7. The van der Waals surface area contributed by atoms with Gasteiger partial charge in [0.2, 0.25) is 5.91 Å². The second-order valence-corrected chi connectivity index (χ2v) is 6.98. The van der Waals surface area contributed by atoms with E-state index in [1.807, 2.05) is 35.2 Å². The first-order valence-electron chi connectivity index (χ1n) is 8.80. The minimum absolute atomic E-state index is 0.0520. The Kier molecular flexibility index (Phi) is 4.07. The van der Waals surface area contributed by atoms with Crippen LogP contribution in [0.4, 0.5) is 5.69 Å². The van der Waals surface area contributed by atoms with Gasteiger partial charge in [-0.1, -0.05) is 41.1 Å². The highest BCUT2D eigenvalue weighted by Gasteiger charge is 2.35. The van der Waals surface area contributed by atoms with Crippen molar-refractivity contribution >= 4 is 11.6 Å². The standard InChI is InChI=1S/C21H21N3O2/c1-13-9-14(2)19(15(3)10-13)24-12-17(11-18(24)25)20-22-21(26-23-20)16-7-5-4-6-8-16/h4-10,17H,11-12H2,1-3H3. The van der Waals surface area contributed by atoms with Crippen molar-refractivity contribution in [2.75, 3.05) is 11.4 Å². The van der Waals surface area contributed by atoms with Crippen LogP contribution in [0.5, 0.6) is 0 Å². The third-order valence-electron chi connectivity index (χ3n) is 4.86. The van der Waals surface area contributed by atoms with Gasteiger partial charge in [-0.15, -0.1) is 0 Å². The largest absolute Gasteiger partial charge is 0.334 e. The van der Waals surface area contributed by atoms with E-state index in [1.54, 1.807) is 0 Å². The summed E-state index contributed by atoms with van der Waals surface area (Å²) in [7, 11) is 0. The van der Waals surface area contributed by atoms with Gasteiger partial charge in [-0.25, -0.2) is 0 Å². The number of nitrogens with zero attached hydrogens (tertiary/aromatic N) is 3. The zero-order valence-corrected chi connectivity index (χ0v) is 15.2. The number of rotatable bonds is 3. The summed E-state index contributed by atoms with van der Waals surface area (Å²) in [5.74, 6) is 1.15. The van der Waals surface area contributed by atoms with Gasteiger partial charge in [0.05, 0.1) is 0 Å². The first-order valence-corrected chi connectivity index (χ1v) is 8.80. The summed E-state index contributed by atoms with van der Waals surface area (Å²) < 4.78 is 5.41. The van der Waals surface area contributed by atoms with Crippen molar-refractivity contribution in [1.29, 1.82) is 0 Å². The van der Waals surface area contributed by atoms with Gasteiger partial charge >= 0.3 is 0 Å². The molecule has 5 heteroatoms. The average Bonchev–Trinajstić information content (AvgIpc) is 3.22. The number of hydrogen-bond donors (Lipinski definition) is 0. The molecular formula is C21H21N3O2. The van der Waals surface area contributed by atoms with Gasteiger partial charge in [0.1, 0.15) is 0 Å². The highest BCUT2D eigenvalue weighted by atomic mass is 16.5. The van der Waals surface area contributed by atoms with Gasteiger partial charge in [-0.05, 0) is 44.0 Å². The molecule has 0 spiro atoms. The van der Waals surface area contributed by atoms with Crippen LogP contribution < -0.4 is 4.90 Å². The lowest BCUT2D eigenvalue weighted by Crippen LogP contribution is -2.26. The SMILES string of the molecule is Cc1cc(C)c(N2CC(c3noc(-c4ccccc4)n3)CC2=O)c(C)c1. The molecule has 26 heavy (non-hydrogen) atoms. The predicted molar refractivity (Wildman–Crippen MR) is 100 cm³/mol. The first kappa shape index (κ1) is 16.5. The highest BCUT2D eigenvalue weighted by molar-refractivity contribution is 5.97. The van der Waals surface area contributed by atoms with Crippen molar-refractivity contribution in [3.63, 3.8) is 0 Å². The Morgan fingerprint density at radius 1 is 1.08 bits per heavy atom. The van der Waals surface area contributed by atoms with Crippen molar-refractivity contribution in [3.8, 4) is 11.5 Å². The molecule has 1 aliphatic heterocycles. The molecule has 1 amide bonds. The van der Waals surface area contributed by atoms with Crippen LogP contribution in [0.1, 0.15) is 34.9 Å². The molecule has 0 radical (unpaired) electrons. The van der Waals surface area contributed by atoms with Crippen LogP contribution in [0.15, 0.2) is 47.0 Å². The number of carbonyl (C=O) groups is 1. The van der Waals surface area contributed by atoms with E-state index < -0.39 is 0 Å². The van der Waals surface area contributed by atoms with Crippen LogP contribution in [0.2, 0.25) is 0 Å². The fourth-order valence-corrected chi connectivity index (χ4v) is 3.79. The molecule has 4 rings (SSSR count). The van der Waals surface area contributed by atoms with Gasteiger partial charge in [-0.2, -0.15) is 4.98 Å². The van der Waals surface area contributed by atoms with Gasteiger partial charge < -0.3 is 9.42 Å². The molecule has 5 nitrogen and oxygen atoms in total. The van der Waals surface area contributed by atoms with Crippen LogP contribution >= 0.6 is 0 Å². The minimum atomic E-state index is -0.0520. The molecule has 2 aromatic carbocycles. The Hall–Kier alpha value is -2.95. The molecule has 1 atom stereocenters.